The topological polar surface area (TPSA) is 79.1 Å². The molecule has 0 fully saturated rings. The number of rotatable bonds is 2. The Balaban J connectivity index is 3.13. The zero-order valence-electron chi connectivity index (χ0n) is 9.31. The minimum atomic E-state index is -0.564. The Hall–Kier alpha value is -2.04. The third kappa shape index (κ3) is 2.73. The van der Waals surface area contributed by atoms with E-state index >= 15 is 0 Å². The van der Waals surface area contributed by atoms with E-state index in [4.69, 9.17) is 0 Å². The first-order chi connectivity index (χ1) is 7.41. The molecule has 0 saturated heterocycles. The number of hydrogen-bond donors (Lipinski definition) is 2. The van der Waals surface area contributed by atoms with Crippen LogP contribution in [0.4, 0.5) is 0 Å². The highest BCUT2D eigenvalue weighted by molar-refractivity contribution is 6.03. The number of phenolic OH excluding ortho intramolecular Hbond substituents is 2. The number of oxime groups is 1. The van der Waals surface area contributed by atoms with Crippen LogP contribution in [0.1, 0.15) is 25.0 Å². The summed E-state index contributed by atoms with van der Waals surface area (Å²) in [7, 11) is 0. The van der Waals surface area contributed by atoms with Crippen LogP contribution >= 0.6 is 0 Å². The van der Waals surface area contributed by atoms with Crippen LogP contribution in [0.5, 0.6) is 11.5 Å². The van der Waals surface area contributed by atoms with Crippen molar-refractivity contribution in [2.45, 2.75) is 20.8 Å². The third-order valence-electron chi connectivity index (χ3n) is 1.91. The van der Waals surface area contributed by atoms with Crippen LogP contribution in [0, 0.1) is 6.92 Å². The summed E-state index contributed by atoms with van der Waals surface area (Å²) in [5.41, 5.74) is 1.11. The van der Waals surface area contributed by atoms with E-state index in [9.17, 15) is 15.0 Å². The summed E-state index contributed by atoms with van der Waals surface area (Å²) in [5.74, 6) is -0.776. The number of hydrogen-bond acceptors (Lipinski definition) is 5. The van der Waals surface area contributed by atoms with Crippen molar-refractivity contribution in [2.75, 3.05) is 0 Å². The van der Waals surface area contributed by atoms with Crippen LogP contribution in [-0.4, -0.2) is 21.9 Å². The Morgan fingerprint density at radius 3 is 2.19 bits per heavy atom. The SMILES string of the molecule is CC(=O)ON=C(C)c1c(O)cc(C)cc1O. The maximum atomic E-state index is 10.5. The molecule has 0 spiro atoms. The summed E-state index contributed by atoms with van der Waals surface area (Å²) in [6.07, 6.45) is 0. The molecule has 0 amide bonds. The number of aromatic hydroxyl groups is 2. The van der Waals surface area contributed by atoms with E-state index in [1.807, 2.05) is 0 Å². The first-order valence-electron chi connectivity index (χ1n) is 4.67. The van der Waals surface area contributed by atoms with Gasteiger partial charge in [-0.15, -0.1) is 0 Å². The highest BCUT2D eigenvalue weighted by Crippen LogP contribution is 2.29. The Bertz CT molecular complexity index is 428. The van der Waals surface area contributed by atoms with E-state index in [0.717, 1.165) is 5.56 Å². The summed E-state index contributed by atoms with van der Waals surface area (Å²) in [5, 5.41) is 22.7. The Labute approximate surface area is 93.0 Å². The van der Waals surface area contributed by atoms with Crippen molar-refractivity contribution in [2.24, 2.45) is 5.16 Å². The smallest absolute Gasteiger partial charge is 0.331 e. The predicted octanol–water partition coefficient (Wildman–Crippen LogP) is 1.69. The van der Waals surface area contributed by atoms with Crippen molar-refractivity contribution in [1.29, 1.82) is 0 Å². The van der Waals surface area contributed by atoms with E-state index in [-0.39, 0.29) is 22.8 Å². The molecule has 2 N–H and O–H groups in total. The molecule has 1 rings (SSSR count). The first kappa shape index (κ1) is 12.0. The van der Waals surface area contributed by atoms with E-state index in [2.05, 4.69) is 9.99 Å². The average molecular weight is 223 g/mol. The lowest BCUT2D eigenvalue weighted by Crippen LogP contribution is -2.00. The van der Waals surface area contributed by atoms with E-state index in [1.165, 1.54) is 26.0 Å². The Morgan fingerprint density at radius 1 is 1.25 bits per heavy atom. The van der Waals surface area contributed by atoms with Gasteiger partial charge in [0.05, 0.1) is 11.3 Å². The quantitative estimate of drug-likeness (QED) is 0.454. The fourth-order valence-electron chi connectivity index (χ4n) is 1.30. The van der Waals surface area contributed by atoms with Gasteiger partial charge in [0.15, 0.2) is 0 Å². The molecule has 0 atom stereocenters. The van der Waals surface area contributed by atoms with E-state index < -0.39 is 5.97 Å². The van der Waals surface area contributed by atoms with Gasteiger partial charge in [-0.3, -0.25) is 0 Å². The third-order valence-corrected chi connectivity index (χ3v) is 1.91. The fraction of sp³-hybridized carbons (Fsp3) is 0.273. The zero-order chi connectivity index (χ0) is 12.3. The summed E-state index contributed by atoms with van der Waals surface area (Å²) in [6, 6.07) is 2.98. The standard InChI is InChI=1S/C11H13NO4/c1-6-4-9(14)11(10(15)5-6)7(2)12-16-8(3)13/h4-5,14-15H,1-3H3. The van der Waals surface area contributed by atoms with Gasteiger partial charge < -0.3 is 15.1 Å². The van der Waals surface area contributed by atoms with Gasteiger partial charge >= 0.3 is 5.97 Å². The van der Waals surface area contributed by atoms with Gasteiger partial charge in [0.1, 0.15) is 11.5 Å². The number of phenols is 2. The predicted molar refractivity (Wildman–Crippen MR) is 58.5 cm³/mol. The van der Waals surface area contributed by atoms with Crippen LogP contribution in [0.2, 0.25) is 0 Å². The lowest BCUT2D eigenvalue weighted by Gasteiger charge is -2.07. The molecule has 5 nitrogen and oxygen atoms in total. The van der Waals surface area contributed by atoms with Crippen molar-refractivity contribution >= 4 is 11.7 Å². The number of aryl methyl sites for hydroxylation is 1. The van der Waals surface area contributed by atoms with Gasteiger partial charge in [0.25, 0.3) is 0 Å². The molecule has 0 radical (unpaired) electrons. The molecule has 0 saturated carbocycles. The Morgan fingerprint density at radius 2 is 1.75 bits per heavy atom. The molecule has 1 aromatic rings. The zero-order valence-corrected chi connectivity index (χ0v) is 9.31. The van der Waals surface area contributed by atoms with Crippen LogP contribution in [0.3, 0.4) is 0 Å². The summed E-state index contributed by atoms with van der Waals surface area (Å²) >= 11 is 0. The number of carbonyl (C=O) groups excluding carboxylic acids is 1. The Kier molecular flexibility index (Phi) is 3.50. The van der Waals surface area contributed by atoms with Gasteiger partial charge in [0, 0.05) is 6.92 Å². The molecule has 0 aliphatic carbocycles. The minimum Gasteiger partial charge on any atom is -0.507 e. The molecular weight excluding hydrogens is 210 g/mol. The second kappa shape index (κ2) is 4.65. The van der Waals surface area contributed by atoms with Gasteiger partial charge in [-0.25, -0.2) is 4.79 Å². The summed E-state index contributed by atoms with van der Waals surface area (Å²) < 4.78 is 0. The van der Waals surface area contributed by atoms with Crippen molar-refractivity contribution in [1.82, 2.24) is 0 Å². The first-order valence-corrected chi connectivity index (χ1v) is 4.67. The van der Waals surface area contributed by atoms with Crippen molar-refractivity contribution in [3.05, 3.63) is 23.3 Å². The van der Waals surface area contributed by atoms with Crippen LogP contribution < -0.4 is 0 Å². The number of benzene rings is 1. The monoisotopic (exact) mass is 223 g/mol. The lowest BCUT2D eigenvalue weighted by atomic mass is 10.1. The van der Waals surface area contributed by atoms with E-state index in [1.54, 1.807) is 6.92 Å². The lowest BCUT2D eigenvalue weighted by molar-refractivity contribution is -0.140. The normalized spacial score (nSPS) is 11.3. The second-order valence-electron chi connectivity index (χ2n) is 3.44. The van der Waals surface area contributed by atoms with Crippen LogP contribution in [-0.2, 0) is 9.63 Å². The van der Waals surface area contributed by atoms with Crippen molar-refractivity contribution in [3.63, 3.8) is 0 Å². The largest absolute Gasteiger partial charge is 0.507 e. The highest BCUT2D eigenvalue weighted by Gasteiger charge is 2.12. The maximum absolute atomic E-state index is 10.5. The van der Waals surface area contributed by atoms with Gasteiger partial charge in [0.2, 0.25) is 0 Å². The molecule has 1 aromatic carbocycles. The second-order valence-corrected chi connectivity index (χ2v) is 3.44. The van der Waals surface area contributed by atoms with Gasteiger partial charge in [-0.05, 0) is 31.5 Å². The maximum Gasteiger partial charge on any atom is 0.331 e. The molecular formula is C11H13NO4. The molecule has 0 heterocycles. The average Bonchev–Trinajstić information content (AvgIpc) is 2.12. The molecule has 86 valence electrons. The molecule has 5 heteroatoms. The van der Waals surface area contributed by atoms with Gasteiger partial charge in [-0.2, -0.15) is 0 Å². The van der Waals surface area contributed by atoms with Gasteiger partial charge in [-0.1, -0.05) is 5.16 Å². The minimum absolute atomic E-state index is 0.106. The molecule has 0 aliphatic heterocycles. The van der Waals surface area contributed by atoms with Crippen molar-refractivity contribution in [3.8, 4) is 11.5 Å². The summed E-state index contributed by atoms with van der Waals surface area (Å²) in [4.78, 5) is 15.0. The van der Waals surface area contributed by atoms with Crippen LogP contribution in [0.25, 0.3) is 0 Å². The van der Waals surface area contributed by atoms with E-state index in [0.29, 0.717) is 0 Å². The molecule has 0 aromatic heterocycles. The fourth-order valence-corrected chi connectivity index (χ4v) is 1.30. The molecule has 0 bridgehead atoms. The molecule has 16 heavy (non-hydrogen) atoms. The molecule has 0 unspecified atom stereocenters. The number of nitrogens with zero attached hydrogens (tertiary/aromatic N) is 1. The van der Waals surface area contributed by atoms with Crippen LogP contribution in [0.15, 0.2) is 17.3 Å². The molecule has 0 aliphatic rings. The highest BCUT2D eigenvalue weighted by atomic mass is 16.7. The number of carbonyl (C=O) groups is 1. The summed E-state index contributed by atoms with van der Waals surface area (Å²) in [6.45, 7) is 4.47. The van der Waals surface area contributed by atoms with Crippen molar-refractivity contribution < 1.29 is 19.8 Å².